The van der Waals surface area contributed by atoms with Gasteiger partial charge in [-0.3, -0.25) is 4.79 Å². The van der Waals surface area contributed by atoms with Gasteiger partial charge in [0.15, 0.2) is 11.5 Å². The Kier molecular flexibility index (Phi) is 5.84. The van der Waals surface area contributed by atoms with E-state index >= 15 is 4.39 Å². The van der Waals surface area contributed by atoms with Crippen molar-refractivity contribution in [3.8, 4) is 16.9 Å². The normalized spacial score (nSPS) is 11.9. The molecule has 5 nitrogen and oxygen atoms in total. The lowest BCUT2D eigenvalue weighted by Gasteiger charge is -2.15. The van der Waals surface area contributed by atoms with Gasteiger partial charge in [0.25, 0.3) is 0 Å². The summed E-state index contributed by atoms with van der Waals surface area (Å²) in [5.41, 5.74) is 2.77. The Morgan fingerprint density at radius 1 is 1.14 bits per heavy atom. The molecule has 28 heavy (non-hydrogen) atoms. The number of nitrogens with one attached hydrogen (secondary N) is 1. The molecule has 0 fully saturated rings. The van der Waals surface area contributed by atoms with Gasteiger partial charge in [0.2, 0.25) is 0 Å². The molecule has 144 valence electrons. The van der Waals surface area contributed by atoms with Crippen LogP contribution in [0.3, 0.4) is 0 Å². The summed E-state index contributed by atoms with van der Waals surface area (Å²) in [6.07, 6.45) is 0.301. The molecule has 1 unspecified atom stereocenters. The molecular formula is C22H20FNO4. The van der Waals surface area contributed by atoms with E-state index in [9.17, 15) is 10.0 Å². The number of carbonyl (C=O) groups is 1. The van der Waals surface area contributed by atoms with Crippen LogP contribution in [0.1, 0.15) is 28.4 Å². The smallest absolute Gasteiger partial charge is 0.163 e. The van der Waals surface area contributed by atoms with E-state index in [1.54, 1.807) is 48.5 Å². The lowest BCUT2D eigenvalue weighted by atomic mass is 9.95. The highest BCUT2D eigenvalue weighted by Crippen LogP contribution is 2.35. The van der Waals surface area contributed by atoms with Crippen LogP contribution in [0.2, 0.25) is 0 Å². The van der Waals surface area contributed by atoms with Crippen LogP contribution in [-0.4, -0.2) is 18.1 Å². The van der Waals surface area contributed by atoms with Crippen LogP contribution in [0.5, 0.6) is 5.75 Å². The number of benzene rings is 3. The third kappa shape index (κ3) is 4.09. The Hall–Kier alpha value is -3.06. The highest BCUT2D eigenvalue weighted by Gasteiger charge is 2.17. The van der Waals surface area contributed by atoms with E-state index in [-0.39, 0.29) is 11.5 Å². The maximum atomic E-state index is 15.4. The number of halogens is 1. The first-order valence-corrected chi connectivity index (χ1v) is 8.69. The summed E-state index contributed by atoms with van der Waals surface area (Å²) in [5, 5.41) is 19.0. The number of methoxy groups -OCH3 is 1. The van der Waals surface area contributed by atoms with Crippen LogP contribution in [0.25, 0.3) is 11.1 Å². The number of ketones is 1. The molecule has 0 spiro atoms. The Bertz CT molecular complexity index is 1000. The first-order chi connectivity index (χ1) is 13.4. The molecule has 0 heterocycles. The second-order valence-corrected chi connectivity index (χ2v) is 6.43. The maximum Gasteiger partial charge on any atom is 0.163 e. The number of carbonyl (C=O) groups excluding carboxylic acids is 1. The third-order valence-corrected chi connectivity index (χ3v) is 4.56. The van der Waals surface area contributed by atoms with Crippen molar-refractivity contribution >= 4 is 11.5 Å². The SMILES string of the molecule is COc1ccc(Cc2ccc([NH+]([O-])O)cc2)c(F)c1-c1cccc(C(C)=O)c1. The van der Waals surface area contributed by atoms with E-state index in [0.29, 0.717) is 34.4 Å². The van der Waals surface area contributed by atoms with Crippen LogP contribution >= 0.6 is 0 Å². The standard InChI is InChI=1S/C22H20FNO4/c1-14(25)16-4-3-5-17(13-16)21-20(28-2)11-8-18(22(21)23)12-15-6-9-19(10-7-15)24(26)27/h3-11,13,24,26H,12H2,1-2H3. The summed E-state index contributed by atoms with van der Waals surface area (Å²) in [5.74, 6) is -0.151. The second kappa shape index (κ2) is 8.31. The van der Waals surface area contributed by atoms with Gasteiger partial charge in [-0.2, -0.15) is 5.23 Å². The predicted molar refractivity (Wildman–Crippen MR) is 103 cm³/mol. The number of quaternary nitrogens is 1. The van der Waals surface area contributed by atoms with Crippen molar-refractivity contribution in [2.45, 2.75) is 13.3 Å². The monoisotopic (exact) mass is 381 g/mol. The van der Waals surface area contributed by atoms with Crippen molar-refractivity contribution in [1.82, 2.24) is 0 Å². The molecule has 0 aliphatic heterocycles. The summed E-state index contributed by atoms with van der Waals surface area (Å²) in [6.45, 7) is 1.46. The molecule has 3 rings (SSSR count). The van der Waals surface area contributed by atoms with Gasteiger partial charge in [0, 0.05) is 24.1 Å². The van der Waals surface area contributed by atoms with Crippen molar-refractivity contribution in [2.24, 2.45) is 0 Å². The molecule has 0 amide bonds. The number of Topliss-reactive ketones (excluding diaryl/α,β-unsaturated/α-hetero) is 1. The molecule has 6 heteroatoms. The van der Waals surface area contributed by atoms with Crippen LogP contribution < -0.4 is 9.96 Å². The van der Waals surface area contributed by atoms with Crippen LogP contribution in [0.4, 0.5) is 10.1 Å². The average molecular weight is 381 g/mol. The molecule has 0 aliphatic carbocycles. The van der Waals surface area contributed by atoms with E-state index < -0.39 is 11.0 Å². The fourth-order valence-corrected chi connectivity index (χ4v) is 3.06. The molecule has 0 bridgehead atoms. The number of rotatable bonds is 6. The number of hydrogen-bond donors (Lipinski definition) is 2. The lowest BCUT2D eigenvalue weighted by molar-refractivity contribution is -0.991. The summed E-state index contributed by atoms with van der Waals surface area (Å²) in [6, 6.07) is 16.5. The van der Waals surface area contributed by atoms with E-state index in [2.05, 4.69) is 0 Å². The molecule has 0 saturated carbocycles. The Morgan fingerprint density at radius 2 is 1.86 bits per heavy atom. The van der Waals surface area contributed by atoms with Crippen LogP contribution in [0.15, 0.2) is 60.7 Å². The minimum absolute atomic E-state index is 0.101. The molecule has 1 atom stereocenters. The number of ether oxygens (including phenoxy) is 1. The maximum absolute atomic E-state index is 15.4. The minimum atomic E-state index is -1.00. The zero-order valence-electron chi connectivity index (χ0n) is 15.5. The van der Waals surface area contributed by atoms with E-state index in [1.807, 2.05) is 0 Å². The van der Waals surface area contributed by atoms with Gasteiger partial charge in [0.05, 0.1) is 12.7 Å². The Balaban J connectivity index is 2.02. The molecule has 0 aromatic heterocycles. The topological polar surface area (TPSA) is 74.0 Å². The highest BCUT2D eigenvalue weighted by molar-refractivity contribution is 5.95. The van der Waals surface area contributed by atoms with Crippen molar-refractivity contribution in [2.75, 3.05) is 7.11 Å². The van der Waals surface area contributed by atoms with Crippen molar-refractivity contribution in [3.63, 3.8) is 0 Å². The van der Waals surface area contributed by atoms with E-state index in [0.717, 1.165) is 5.56 Å². The quantitative estimate of drug-likeness (QED) is 0.504. The van der Waals surface area contributed by atoms with Gasteiger partial charge < -0.3 is 9.94 Å². The molecule has 2 N–H and O–H groups in total. The van der Waals surface area contributed by atoms with Crippen LogP contribution in [0, 0.1) is 11.0 Å². The molecule has 0 radical (unpaired) electrons. The summed E-state index contributed by atoms with van der Waals surface area (Å²) in [4.78, 5) is 11.7. The highest BCUT2D eigenvalue weighted by atomic mass is 19.1. The predicted octanol–water partition coefficient (Wildman–Crippen LogP) is 3.70. The summed E-state index contributed by atoms with van der Waals surface area (Å²) >= 11 is 0. The fraction of sp³-hybridized carbons (Fsp3) is 0.136. The molecular weight excluding hydrogens is 361 g/mol. The van der Waals surface area contributed by atoms with E-state index in [1.165, 1.54) is 26.2 Å². The summed E-state index contributed by atoms with van der Waals surface area (Å²) < 4.78 is 20.7. The minimum Gasteiger partial charge on any atom is -0.595 e. The first-order valence-electron chi connectivity index (χ1n) is 8.69. The van der Waals surface area contributed by atoms with Gasteiger partial charge in [-0.1, -0.05) is 36.4 Å². The van der Waals surface area contributed by atoms with Gasteiger partial charge in [0.1, 0.15) is 11.6 Å². The second-order valence-electron chi connectivity index (χ2n) is 6.43. The van der Waals surface area contributed by atoms with Gasteiger partial charge in [-0.25, -0.2) is 9.60 Å². The van der Waals surface area contributed by atoms with E-state index in [4.69, 9.17) is 9.94 Å². The van der Waals surface area contributed by atoms with Gasteiger partial charge in [-0.15, -0.1) is 0 Å². The summed E-state index contributed by atoms with van der Waals surface area (Å²) in [7, 11) is 1.47. The molecule has 0 saturated heterocycles. The zero-order valence-corrected chi connectivity index (χ0v) is 15.5. The fourth-order valence-electron chi connectivity index (χ4n) is 3.06. The lowest BCUT2D eigenvalue weighted by Crippen LogP contribution is -2.99. The zero-order chi connectivity index (χ0) is 20.3. The third-order valence-electron chi connectivity index (χ3n) is 4.56. The molecule has 3 aromatic rings. The molecule has 0 aliphatic rings. The van der Waals surface area contributed by atoms with Crippen LogP contribution in [-0.2, 0) is 6.42 Å². The largest absolute Gasteiger partial charge is 0.595 e. The Labute approximate surface area is 162 Å². The molecule has 3 aromatic carbocycles. The van der Waals surface area contributed by atoms with Crippen molar-refractivity contribution in [3.05, 3.63) is 88.4 Å². The Morgan fingerprint density at radius 3 is 2.46 bits per heavy atom. The van der Waals surface area contributed by atoms with Gasteiger partial charge in [-0.05, 0) is 35.7 Å². The first kappa shape index (κ1) is 19.7. The van der Waals surface area contributed by atoms with Crippen molar-refractivity contribution < 1.29 is 24.4 Å². The average Bonchev–Trinajstić information content (AvgIpc) is 2.69. The van der Waals surface area contributed by atoms with Crippen molar-refractivity contribution in [1.29, 1.82) is 0 Å². The van der Waals surface area contributed by atoms with Gasteiger partial charge >= 0.3 is 0 Å². The number of hydrogen-bond acceptors (Lipinski definition) is 4.